The SMILES string of the molecule is CNCC(O)COc1cccc(-c2cc(NCCCCCNC(=O)c3ccn(C)n3)c(C=N)c(NC(C)C)n2)c1. The first-order chi connectivity index (χ1) is 19.3. The number of hydrogen-bond acceptors (Lipinski definition) is 9. The number of ether oxygens (including phenoxy) is 1. The van der Waals surface area contributed by atoms with E-state index in [0.717, 1.165) is 36.2 Å². The van der Waals surface area contributed by atoms with Crippen molar-refractivity contribution < 1.29 is 14.6 Å². The van der Waals surface area contributed by atoms with Crippen LogP contribution in [0, 0.1) is 5.41 Å². The number of unbranched alkanes of at least 4 members (excludes halogenated alkanes) is 2. The monoisotopic (exact) mass is 550 g/mol. The van der Waals surface area contributed by atoms with Gasteiger partial charge in [-0.2, -0.15) is 5.10 Å². The number of aryl methyl sites for hydroxylation is 1. The average molecular weight is 551 g/mol. The van der Waals surface area contributed by atoms with E-state index in [-0.39, 0.29) is 18.6 Å². The molecule has 6 N–H and O–H groups in total. The Balaban J connectivity index is 1.63. The molecule has 2 aromatic heterocycles. The van der Waals surface area contributed by atoms with Gasteiger partial charge in [-0.15, -0.1) is 0 Å². The molecule has 0 bridgehead atoms. The fourth-order valence-electron chi connectivity index (χ4n) is 4.09. The van der Waals surface area contributed by atoms with Crippen LogP contribution in [-0.2, 0) is 7.05 Å². The van der Waals surface area contributed by atoms with E-state index in [9.17, 15) is 9.90 Å². The summed E-state index contributed by atoms with van der Waals surface area (Å²) in [4.78, 5) is 16.9. The number of nitrogens with zero attached hydrogens (tertiary/aromatic N) is 3. The molecule has 11 heteroatoms. The van der Waals surface area contributed by atoms with E-state index in [1.54, 1.807) is 31.0 Å². The van der Waals surface area contributed by atoms with Crippen LogP contribution in [0.15, 0.2) is 42.6 Å². The molecular weight excluding hydrogens is 508 g/mol. The molecule has 2 heterocycles. The molecule has 1 aromatic carbocycles. The number of carbonyl (C=O) groups is 1. The van der Waals surface area contributed by atoms with Crippen molar-refractivity contribution in [1.29, 1.82) is 5.41 Å². The molecule has 0 aliphatic heterocycles. The number of likely N-dealkylation sites (N-methyl/N-ethyl adjacent to an activating group) is 1. The molecule has 0 saturated carbocycles. The van der Waals surface area contributed by atoms with E-state index in [4.69, 9.17) is 15.1 Å². The third-order valence-corrected chi connectivity index (χ3v) is 6.04. The molecule has 0 radical (unpaired) electrons. The smallest absolute Gasteiger partial charge is 0.271 e. The summed E-state index contributed by atoms with van der Waals surface area (Å²) in [6.45, 7) is 6.01. The summed E-state index contributed by atoms with van der Waals surface area (Å²) < 4.78 is 7.40. The normalized spacial score (nSPS) is 11.8. The van der Waals surface area contributed by atoms with Crippen LogP contribution < -0.4 is 26.0 Å². The Morgan fingerprint density at radius 1 is 1.18 bits per heavy atom. The predicted molar refractivity (Wildman–Crippen MR) is 160 cm³/mol. The maximum Gasteiger partial charge on any atom is 0.271 e. The minimum atomic E-state index is -0.603. The summed E-state index contributed by atoms with van der Waals surface area (Å²) in [7, 11) is 3.57. The van der Waals surface area contributed by atoms with E-state index in [1.807, 2.05) is 44.2 Å². The topological polar surface area (TPSA) is 149 Å². The van der Waals surface area contributed by atoms with Gasteiger partial charge in [0.05, 0.1) is 11.3 Å². The third-order valence-electron chi connectivity index (χ3n) is 6.04. The molecule has 0 saturated heterocycles. The number of carbonyl (C=O) groups excluding carboxylic acids is 1. The van der Waals surface area contributed by atoms with Crippen molar-refractivity contribution in [3.05, 3.63) is 53.9 Å². The highest BCUT2D eigenvalue weighted by Crippen LogP contribution is 2.30. The standard InChI is InChI=1S/C29H42N8O3/c1-20(2)34-28-24(17-30)27(32-12-6-5-7-13-33-29(39)25-11-14-37(4)36-25)16-26(35-28)21-9-8-10-23(15-21)40-19-22(38)18-31-3/h8-11,14-17,20,22,30-31,38H,5-7,12-13,18-19H2,1-4H3,(H,33,39)(H2,32,34,35). The van der Waals surface area contributed by atoms with Crippen LogP contribution in [0.3, 0.4) is 0 Å². The quantitative estimate of drug-likeness (QED) is 0.111. The number of aliphatic hydroxyl groups excluding tert-OH is 1. The van der Waals surface area contributed by atoms with Gasteiger partial charge in [-0.25, -0.2) is 4.98 Å². The lowest BCUT2D eigenvalue weighted by molar-refractivity contribution is 0.0947. The number of aromatic nitrogens is 3. The van der Waals surface area contributed by atoms with Gasteiger partial charge >= 0.3 is 0 Å². The predicted octanol–water partition coefficient (Wildman–Crippen LogP) is 3.27. The highest BCUT2D eigenvalue weighted by atomic mass is 16.5. The lowest BCUT2D eigenvalue weighted by Gasteiger charge is -2.18. The Morgan fingerprint density at radius 2 is 1.98 bits per heavy atom. The van der Waals surface area contributed by atoms with Gasteiger partial charge in [0.15, 0.2) is 0 Å². The van der Waals surface area contributed by atoms with Gasteiger partial charge in [0.1, 0.15) is 30.0 Å². The summed E-state index contributed by atoms with van der Waals surface area (Å²) in [6.07, 6.45) is 5.16. The zero-order valence-electron chi connectivity index (χ0n) is 23.8. The molecule has 3 aromatic rings. The van der Waals surface area contributed by atoms with Crippen LogP contribution in [0.2, 0.25) is 0 Å². The molecule has 40 heavy (non-hydrogen) atoms. The first kappa shape index (κ1) is 30.6. The average Bonchev–Trinajstić information content (AvgIpc) is 3.37. The largest absolute Gasteiger partial charge is 0.491 e. The summed E-state index contributed by atoms with van der Waals surface area (Å²) >= 11 is 0. The zero-order valence-corrected chi connectivity index (χ0v) is 23.8. The Bertz CT molecular complexity index is 1240. The molecule has 0 fully saturated rings. The number of nitrogens with one attached hydrogen (secondary N) is 5. The Kier molecular flexibility index (Phi) is 11.9. The molecule has 3 rings (SSSR count). The van der Waals surface area contributed by atoms with E-state index in [1.165, 1.54) is 6.21 Å². The molecule has 0 aliphatic rings. The van der Waals surface area contributed by atoms with Gasteiger partial charge in [-0.3, -0.25) is 9.48 Å². The van der Waals surface area contributed by atoms with Crippen LogP contribution in [0.5, 0.6) is 5.75 Å². The second-order valence-corrected chi connectivity index (χ2v) is 9.93. The molecule has 1 atom stereocenters. The fraction of sp³-hybridized carbons (Fsp3) is 0.448. The van der Waals surface area contributed by atoms with Gasteiger partial charge in [0, 0.05) is 56.4 Å². The second kappa shape index (κ2) is 15.6. The van der Waals surface area contributed by atoms with Crippen molar-refractivity contribution in [3.63, 3.8) is 0 Å². The molecular formula is C29H42N8O3. The minimum Gasteiger partial charge on any atom is -0.491 e. The molecule has 11 nitrogen and oxygen atoms in total. The van der Waals surface area contributed by atoms with Gasteiger partial charge in [0.25, 0.3) is 5.91 Å². The second-order valence-electron chi connectivity index (χ2n) is 9.93. The zero-order chi connectivity index (χ0) is 28.9. The van der Waals surface area contributed by atoms with Crippen molar-refractivity contribution in [2.24, 2.45) is 7.05 Å². The first-order valence-electron chi connectivity index (χ1n) is 13.7. The van der Waals surface area contributed by atoms with Crippen molar-refractivity contribution >= 4 is 23.6 Å². The number of benzene rings is 1. The Labute approximate surface area is 236 Å². The van der Waals surface area contributed by atoms with Crippen molar-refractivity contribution in [1.82, 2.24) is 25.4 Å². The maximum atomic E-state index is 12.1. The number of aliphatic hydroxyl groups is 1. The highest BCUT2D eigenvalue weighted by Gasteiger charge is 2.14. The van der Waals surface area contributed by atoms with E-state index in [0.29, 0.717) is 42.5 Å². The number of pyridine rings is 1. The maximum absolute atomic E-state index is 12.1. The fourth-order valence-corrected chi connectivity index (χ4v) is 4.09. The summed E-state index contributed by atoms with van der Waals surface area (Å²) in [5.41, 5.74) is 3.56. The van der Waals surface area contributed by atoms with Gasteiger partial charge in [0.2, 0.25) is 0 Å². The van der Waals surface area contributed by atoms with E-state index < -0.39 is 6.10 Å². The first-order valence-corrected chi connectivity index (χ1v) is 13.7. The summed E-state index contributed by atoms with van der Waals surface area (Å²) in [5, 5.41) is 34.8. The van der Waals surface area contributed by atoms with Crippen LogP contribution in [0.4, 0.5) is 11.5 Å². The van der Waals surface area contributed by atoms with Crippen LogP contribution in [0.25, 0.3) is 11.3 Å². The summed E-state index contributed by atoms with van der Waals surface area (Å²) in [5.74, 6) is 1.12. The Morgan fingerprint density at radius 3 is 2.67 bits per heavy atom. The molecule has 1 unspecified atom stereocenters. The molecule has 0 spiro atoms. The van der Waals surface area contributed by atoms with E-state index >= 15 is 0 Å². The third kappa shape index (κ3) is 9.35. The Hall–Kier alpha value is -3.96. The molecule has 216 valence electrons. The van der Waals surface area contributed by atoms with Crippen molar-refractivity contribution in [2.45, 2.75) is 45.3 Å². The van der Waals surface area contributed by atoms with Gasteiger partial charge in [-0.05, 0) is 64.4 Å². The van der Waals surface area contributed by atoms with Crippen molar-refractivity contribution in [3.8, 4) is 17.0 Å². The number of hydrogen-bond donors (Lipinski definition) is 6. The lowest BCUT2D eigenvalue weighted by Crippen LogP contribution is -2.29. The number of anilines is 2. The van der Waals surface area contributed by atoms with E-state index in [2.05, 4.69) is 26.4 Å². The molecule has 1 amide bonds. The van der Waals surface area contributed by atoms with Crippen molar-refractivity contribution in [2.75, 3.05) is 43.9 Å². The van der Waals surface area contributed by atoms with Gasteiger partial charge < -0.3 is 36.5 Å². The lowest BCUT2D eigenvalue weighted by atomic mass is 10.1. The number of amides is 1. The van der Waals surface area contributed by atoms with Crippen LogP contribution in [-0.4, -0.2) is 77.4 Å². The number of rotatable bonds is 17. The van der Waals surface area contributed by atoms with Crippen LogP contribution in [0.1, 0.15) is 49.2 Å². The minimum absolute atomic E-state index is 0.138. The van der Waals surface area contributed by atoms with Gasteiger partial charge in [-0.1, -0.05) is 12.1 Å². The molecule has 0 aliphatic carbocycles. The summed E-state index contributed by atoms with van der Waals surface area (Å²) in [6, 6.07) is 11.4. The highest BCUT2D eigenvalue weighted by molar-refractivity contribution is 5.94. The van der Waals surface area contributed by atoms with Crippen LogP contribution >= 0.6 is 0 Å².